The summed E-state index contributed by atoms with van der Waals surface area (Å²) >= 11 is 0. The zero-order chi connectivity index (χ0) is 28.3. The fourth-order valence-corrected chi connectivity index (χ4v) is 4.15. The first kappa shape index (κ1) is 28.1. The zero-order valence-corrected chi connectivity index (χ0v) is 22.2. The molecule has 40 heavy (non-hydrogen) atoms. The lowest BCUT2D eigenvalue weighted by Crippen LogP contribution is -2.42. The van der Waals surface area contributed by atoms with E-state index in [2.05, 4.69) is 30.9 Å². The van der Waals surface area contributed by atoms with Crippen LogP contribution in [0.3, 0.4) is 0 Å². The van der Waals surface area contributed by atoms with Crippen LogP contribution in [0.25, 0.3) is 11.0 Å². The number of aromatic nitrogens is 4. The van der Waals surface area contributed by atoms with Gasteiger partial charge in [0.15, 0.2) is 0 Å². The molecule has 0 spiro atoms. The molecule has 12 nitrogen and oxygen atoms in total. The van der Waals surface area contributed by atoms with Gasteiger partial charge < -0.3 is 30.8 Å². The number of hydrogen-bond donors (Lipinski definition) is 5. The predicted molar refractivity (Wildman–Crippen MR) is 151 cm³/mol. The minimum absolute atomic E-state index is 0.0450. The summed E-state index contributed by atoms with van der Waals surface area (Å²) < 4.78 is 6.49. The van der Waals surface area contributed by atoms with Gasteiger partial charge in [0.2, 0.25) is 5.95 Å². The monoisotopic (exact) mass is 547 g/mol. The van der Waals surface area contributed by atoms with Crippen molar-refractivity contribution in [3.63, 3.8) is 0 Å². The van der Waals surface area contributed by atoms with Crippen molar-refractivity contribution in [1.29, 1.82) is 0 Å². The van der Waals surface area contributed by atoms with Crippen LogP contribution in [0, 0.1) is 6.92 Å². The van der Waals surface area contributed by atoms with Gasteiger partial charge in [-0.05, 0) is 37.5 Å². The van der Waals surface area contributed by atoms with Crippen molar-refractivity contribution in [2.45, 2.75) is 45.4 Å². The SMILES string of the molecule is Cc1cn(C[C@@H](CC(=O)O)NC(=O)OCc2ccccc2)c(=O)nc1NCCCCNc1nc2ccccc2[nH]1. The number of carbonyl (C=O) groups is 2. The van der Waals surface area contributed by atoms with E-state index in [1.165, 1.54) is 4.57 Å². The highest BCUT2D eigenvalue weighted by Gasteiger charge is 2.19. The van der Waals surface area contributed by atoms with Crippen molar-refractivity contribution in [3.8, 4) is 0 Å². The van der Waals surface area contributed by atoms with E-state index in [4.69, 9.17) is 4.74 Å². The third kappa shape index (κ3) is 8.32. The summed E-state index contributed by atoms with van der Waals surface area (Å²) in [5.74, 6) is 0.0890. The molecule has 4 rings (SSSR count). The second-order valence-electron chi connectivity index (χ2n) is 9.37. The maximum Gasteiger partial charge on any atom is 0.407 e. The molecule has 0 aliphatic heterocycles. The highest BCUT2D eigenvalue weighted by atomic mass is 16.5. The van der Waals surface area contributed by atoms with Crippen molar-refractivity contribution in [1.82, 2.24) is 24.8 Å². The smallest absolute Gasteiger partial charge is 0.407 e. The average Bonchev–Trinajstić information content (AvgIpc) is 3.35. The summed E-state index contributed by atoms with van der Waals surface area (Å²) in [6, 6.07) is 16.1. The van der Waals surface area contributed by atoms with Gasteiger partial charge in [0.25, 0.3) is 0 Å². The van der Waals surface area contributed by atoms with Crippen molar-refractivity contribution >= 4 is 34.9 Å². The van der Waals surface area contributed by atoms with E-state index in [-0.39, 0.29) is 19.6 Å². The van der Waals surface area contributed by atoms with Gasteiger partial charge in [0, 0.05) is 31.4 Å². The van der Waals surface area contributed by atoms with E-state index in [1.807, 2.05) is 61.5 Å². The predicted octanol–water partition coefficient (Wildman–Crippen LogP) is 3.50. The molecule has 1 amide bonds. The summed E-state index contributed by atoms with van der Waals surface area (Å²) in [6.07, 6.45) is 2.18. The molecule has 0 bridgehead atoms. The molecule has 0 fully saturated rings. The van der Waals surface area contributed by atoms with Crippen LogP contribution in [0.4, 0.5) is 16.6 Å². The number of aliphatic carboxylic acids is 1. The van der Waals surface area contributed by atoms with Crippen molar-refractivity contribution in [3.05, 3.63) is 82.4 Å². The van der Waals surface area contributed by atoms with Crippen molar-refractivity contribution < 1.29 is 19.4 Å². The second-order valence-corrected chi connectivity index (χ2v) is 9.37. The Morgan fingerprint density at radius 3 is 2.50 bits per heavy atom. The third-order valence-corrected chi connectivity index (χ3v) is 6.13. The standard InChI is InChI=1S/C28H33N7O5/c1-19-16-35(17-21(15-24(36)37)31-28(39)40-18-20-9-3-2-4-10-20)27(38)34-25(19)29-13-7-8-14-30-26-32-22-11-5-6-12-23(22)33-26/h2-6,9-12,16,21H,7-8,13-15,17-18H2,1H3,(H,31,39)(H,36,37)(H,29,34,38)(H2,30,32,33)/t21-/m1/s1. The van der Waals surface area contributed by atoms with Gasteiger partial charge in [0.1, 0.15) is 12.4 Å². The van der Waals surface area contributed by atoms with Crippen molar-refractivity contribution in [2.24, 2.45) is 0 Å². The number of H-pyrrole nitrogens is 1. The molecule has 210 valence electrons. The number of nitrogens with zero attached hydrogens (tertiary/aromatic N) is 3. The molecule has 2 heterocycles. The van der Waals surface area contributed by atoms with Crippen LogP contribution in [0.5, 0.6) is 0 Å². The molecular formula is C28H33N7O5. The number of aromatic amines is 1. The lowest BCUT2D eigenvalue weighted by atomic mass is 10.2. The number of anilines is 2. The van der Waals surface area contributed by atoms with E-state index in [1.54, 1.807) is 6.20 Å². The number of ether oxygens (including phenoxy) is 1. The first-order valence-corrected chi connectivity index (χ1v) is 13.1. The number of carboxylic acid groups (broad SMARTS) is 1. The minimum Gasteiger partial charge on any atom is -0.481 e. The van der Waals surface area contributed by atoms with E-state index in [0.717, 1.165) is 47.5 Å². The summed E-state index contributed by atoms with van der Waals surface area (Å²) in [4.78, 5) is 48.2. The number of imidazole rings is 1. The van der Waals surface area contributed by atoms with Gasteiger partial charge >= 0.3 is 17.8 Å². The van der Waals surface area contributed by atoms with Crippen LogP contribution < -0.4 is 21.6 Å². The Morgan fingerprint density at radius 2 is 1.75 bits per heavy atom. The number of rotatable bonds is 14. The molecular weight excluding hydrogens is 514 g/mol. The van der Waals surface area contributed by atoms with Crippen LogP contribution in [0.15, 0.2) is 65.6 Å². The molecule has 5 N–H and O–H groups in total. The van der Waals surface area contributed by atoms with E-state index < -0.39 is 23.8 Å². The summed E-state index contributed by atoms with van der Waals surface area (Å²) in [5.41, 5.74) is 2.87. The normalized spacial score (nSPS) is 11.6. The number of benzene rings is 2. The Balaban J connectivity index is 1.24. The summed E-state index contributed by atoms with van der Waals surface area (Å²) in [7, 11) is 0. The quantitative estimate of drug-likeness (QED) is 0.149. The number of unbranched alkanes of at least 4 members (excludes halogenated alkanes) is 1. The maximum absolute atomic E-state index is 12.7. The van der Waals surface area contributed by atoms with Gasteiger partial charge in [0.05, 0.1) is 23.5 Å². The highest BCUT2D eigenvalue weighted by molar-refractivity contribution is 5.77. The highest BCUT2D eigenvalue weighted by Crippen LogP contribution is 2.13. The Morgan fingerprint density at radius 1 is 1.02 bits per heavy atom. The molecule has 0 aliphatic carbocycles. The Kier molecular flexibility index (Phi) is 9.70. The lowest BCUT2D eigenvalue weighted by Gasteiger charge is -2.19. The number of carboxylic acids is 1. The zero-order valence-electron chi connectivity index (χ0n) is 22.2. The van der Waals surface area contributed by atoms with Gasteiger partial charge in [-0.15, -0.1) is 0 Å². The molecule has 4 aromatic rings. The second kappa shape index (κ2) is 13.8. The third-order valence-electron chi connectivity index (χ3n) is 6.13. The van der Waals surface area contributed by atoms with Crippen LogP contribution in [0.2, 0.25) is 0 Å². The lowest BCUT2D eigenvalue weighted by molar-refractivity contribution is -0.137. The van der Waals surface area contributed by atoms with Gasteiger partial charge in [-0.3, -0.25) is 9.36 Å². The van der Waals surface area contributed by atoms with Crippen LogP contribution >= 0.6 is 0 Å². The van der Waals surface area contributed by atoms with Crippen molar-refractivity contribution in [2.75, 3.05) is 23.7 Å². The van der Waals surface area contributed by atoms with Gasteiger partial charge in [-0.25, -0.2) is 14.6 Å². The Hall–Kier alpha value is -4.87. The largest absolute Gasteiger partial charge is 0.481 e. The fourth-order valence-electron chi connectivity index (χ4n) is 4.15. The number of para-hydroxylation sites is 2. The number of aryl methyl sites for hydroxylation is 1. The van der Waals surface area contributed by atoms with E-state index in [0.29, 0.717) is 12.4 Å². The van der Waals surface area contributed by atoms with Gasteiger partial charge in [-0.2, -0.15) is 4.98 Å². The van der Waals surface area contributed by atoms with Crippen LogP contribution in [0.1, 0.15) is 30.4 Å². The molecule has 0 unspecified atom stereocenters. The number of nitrogens with one attached hydrogen (secondary N) is 4. The first-order chi connectivity index (χ1) is 19.4. The molecule has 0 radical (unpaired) electrons. The Bertz CT molecular complexity index is 1450. The van der Waals surface area contributed by atoms with Crippen LogP contribution in [-0.4, -0.2) is 55.8 Å². The first-order valence-electron chi connectivity index (χ1n) is 13.1. The number of carbonyl (C=O) groups excluding carboxylic acids is 1. The molecule has 0 saturated carbocycles. The van der Waals surface area contributed by atoms with Gasteiger partial charge in [-0.1, -0.05) is 42.5 Å². The summed E-state index contributed by atoms with van der Waals surface area (Å²) in [6.45, 7) is 3.15. The molecule has 12 heteroatoms. The average molecular weight is 548 g/mol. The number of hydrogen-bond acceptors (Lipinski definition) is 8. The number of alkyl carbamates (subject to hydrolysis) is 1. The summed E-state index contributed by atoms with van der Waals surface area (Å²) in [5, 5.41) is 18.3. The Labute approximate surface area is 230 Å². The van der Waals surface area contributed by atoms with E-state index >= 15 is 0 Å². The molecule has 0 saturated heterocycles. The number of amides is 1. The maximum atomic E-state index is 12.7. The molecule has 1 atom stereocenters. The molecule has 0 aliphatic rings. The minimum atomic E-state index is -1.11. The number of fused-ring (bicyclic) bond motifs is 1. The molecule has 2 aromatic carbocycles. The fraction of sp³-hybridized carbons (Fsp3) is 0.321. The van der Waals surface area contributed by atoms with E-state index in [9.17, 15) is 19.5 Å². The molecule has 2 aromatic heterocycles. The topological polar surface area (TPSA) is 163 Å². The van der Waals surface area contributed by atoms with Crippen LogP contribution in [-0.2, 0) is 22.7 Å².